The maximum atomic E-state index is 12.8. The SMILES string of the molecule is Cc1cc(NC(=O)c2cc(NC(=O)c3cc(NC(=O)OC(C)(C)C)cn3C)cn2C)cn1C. The Bertz CT molecular complexity index is 1190. The Morgan fingerprint density at radius 3 is 1.58 bits per heavy atom. The average Bonchev–Trinajstić information content (AvgIpc) is 3.30. The van der Waals surface area contributed by atoms with Crippen molar-refractivity contribution in [3.05, 3.63) is 53.9 Å². The van der Waals surface area contributed by atoms with Crippen LogP contribution in [0.4, 0.5) is 21.9 Å². The Kier molecular flexibility index (Phi) is 6.39. The number of anilines is 3. The summed E-state index contributed by atoms with van der Waals surface area (Å²) in [5, 5.41) is 8.26. The molecule has 33 heavy (non-hydrogen) atoms. The molecule has 0 spiro atoms. The number of ether oxygens (including phenoxy) is 1. The number of aromatic nitrogens is 3. The number of nitrogens with one attached hydrogen (secondary N) is 3. The van der Waals surface area contributed by atoms with Gasteiger partial charge in [0.2, 0.25) is 0 Å². The lowest BCUT2D eigenvalue weighted by molar-refractivity contribution is 0.0635. The van der Waals surface area contributed by atoms with E-state index in [9.17, 15) is 14.4 Å². The van der Waals surface area contributed by atoms with E-state index in [4.69, 9.17) is 4.74 Å². The van der Waals surface area contributed by atoms with Gasteiger partial charge in [-0.25, -0.2) is 4.79 Å². The highest BCUT2D eigenvalue weighted by atomic mass is 16.6. The van der Waals surface area contributed by atoms with Gasteiger partial charge in [-0.2, -0.15) is 0 Å². The molecular formula is C23H30N6O4. The molecule has 3 heterocycles. The Labute approximate surface area is 192 Å². The number of amides is 3. The van der Waals surface area contributed by atoms with E-state index in [1.54, 1.807) is 68.5 Å². The van der Waals surface area contributed by atoms with Crippen molar-refractivity contribution in [3.8, 4) is 0 Å². The van der Waals surface area contributed by atoms with Crippen LogP contribution in [0.3, 0.4) is 0 Å². The summed E-state index contributed by atoms with van der Waals surface area (Å²) in [4.78, 5) is 37.4. The van der Waals surface area contributed by atoms with Crippen molar-refractivity contribution in [1.29, 1.82) is 0 Å². The van der Waals surface area contributed by atoms with Crippen LogP contribution in [0.5, 0.6) is 0 Å². The molecule has 0 atom stereocenters. The smallest absolute Gasteiger partial charge is 0.412 e. The molecule has 3 aromatic heterocycles. The largest absolute Gasteiger partial charge is 0.444 e. The molecule has 0 radical (unpaired) electrons. The van der Waals surface area contributed by atoms with Crippen LogP contribution in [0.2, 0.25) is 0 Å². The second-order valence-corrected chi connectivity index (χ2v) is 8.97. The summed E-state index contributed by atoms with van der Waals surface area (Å²) in [6.45, 7) is 7.26. The number of nitrogens with zero attached hydrogens (tertiary/aromatic N) is 3. The predicted octanol–water partition coefficient (Wildman–Crippen LogP) is 3.86. The predicted molar refractivity (Wildman–Crippen MR) is 127 cm³/mol. The zero-order valence-corrected chi connectivity index (χ0v) is 19.9. The van der Waals surface area contributed by atoms with Crippen LogP contribution in [0, 0.1) is 6.92 Å². The minimum absolute atomic E-state index is 0.286. The zero-order chi connectivity index (χ0) is 24.5. The van der Waals surface area contributed by atoms with E-state index in [1.807, 2.05) is 30.8 Å². The first-order chi connectivity index (χ1) is 15.3. The molecule has 3 aromatic rings. The van der Waals surface area contributed by atoms with Crippen LogP contribution >= 0.6 is 0 Å². The third-order valence-electron chi connectivity index (χ3n) is 4.89. The van der Waals surface area contributed by atoms with E-state index in [1.165, 1.54) is 0 Å². The Morgan fingerprint density at radius 1 is 0.727 bits per heavy atom. The molecule has 0 aromatic carbocycles. The van der Waals surface area contributed by atoms with Crippen molar-refractivity contribution in [3.63, 3.8) is 0 Å². The molecule has 0 saturated carbocycles. The molecule has 176 valence electrons. The first-order valence-corrected chi connectivity index (χ1v) is 10.4. The second kappa shape index (κ2) is 8.89. The lowest BCUT2D eigenvalue weighted by Crippen LogP contribution is -2.27. The van der Waals surface area contributed by atoms with Gasteiger partial charge in [0.25, 0.3) is 11.8 Å². The van der Waals surface area contributed by atoms with E-state index >= 15 is 0 Å². The fraction of sp³-hybridized carbons (Fsp3) is 0.348. The van der Waals surface area contributed by atoms with Crippen LogP contribution in [-0.2, 0) is 25.9 Å². The van der Waals surface area contributed by atoms with Crippen LogP contribution in [-0.4, -0.2) is 37.2 Å². The first kappa shape index (κ1) is 23.7. The minimum atomic E-state index is -0.629. The van der Waals surface area contributed by atoms with Gasteiger partial charge < -0.3 is 29.1 Å². The molecule has 0 bridgehead atoms. The molecule has 10 nitrogen and oxygen atoms in total. The quantitative estimate of drug-likeness (QED) is 0.543. The van der Waals surface area contributed by atoms with Gasteiger partial charge in [0, 0.05) is 45.4 Å². The average molecular weight is 455 g/mol. The molecule has 0 aliphatic heterocycles. The van der Waals surface area contributed by atoms with Crippen molar-refractivity contribution >= 4 is 35.0 Å². The van der Waals surface area contributed by atoms with Gasteiger partial charge in [-0.15, -0.1) is 0 Å². The summed E-state index contributed by atoms with van der Waals surface area (Å²) in [5.41, 5.74) is 2.72. The van der Waals surface area contributed by atoms with Crippen LogP contribution in [0.25, 0.3) is 0 Å². The molecular weight excluding hydrogens is 424 g/mol. The van der Waals surface area contributed by atoms with Crippen molar-refractivity contribution < 1.29 is 19.1 Å². The fourth-order valence-corrected chi connectivity index (χ4v) is 3.27. The Morgan fingerprint density at radius 2 is 1.15 bits per heavy atom. The third kappa shape index (κ3) is 5.85. The minimum Gasteiger partial charge on any atom is -0.444 e. The summed E-state index contributed by atoms with van der Waals surface area (Å²) in [6, 6.07) is 5.03. The van der Waals surface area contributed by atoms with Crippen molar-refractivity contribution in [2.75, 3.05) is 16.0 Å². The maximum absolute atomic E-state index is 12.8. The number of rotatable bonds is 5. The Hall–Kier alpha value is -3.95. The van der Waals surface area contributed by atoms with Crippen molar-refractivity contribution in [1.82, 2.24) is 13.7 Å². The molecule has 0 saturated heterocycles. The van der Waals surface area contributed by atoms with Gasteiger partial charge in [-0.3, -0.25) is 14.9 Å². The third-order valence-corrected chi connectivity index (χ3v) is 4.89. The van der Waals surface area contributed by atoms with Gasteiger partial charge in [0.05, 0.1) is 17.1 Å². The summed E-state index contributed by atoms with van der Waals surface area (Å²) in [7, 11) is 5.33. The summed E-state index contributed by atoms with van der Waals surface area (Å²) >= 11 is 0. The molecule has 10 heteroatoms. The summed E-state index contributed by atoms with van der Waals surface area (Å²) < 4.78 is 10.4. The number of carbonyl (C=O) groups excluding carboxylic acids is 3. The van der Waals surface area contributed by atoms with E-state index in [-0.39, 0.29) is 11.8 Å². The van der Waals surface area contributed by atoms with Crippen LogP contribution < -0.4 is 16.0 Å². The molecule has 0 unspecified atom stereocenters. The lowest BCUT2D eigenvalue weighted by atomic mass is 10.2. The summed E-state index contributed by atoms with van der Waals surface area (Å²) in [5.74, 6) is -0.669. The molecule has 0 aliphatic carbocycles. The highest BCUT2D eigenvalue weighted by Gasteiger charge is 2.19. The topological polar surface area (TPSA) is 111 Å². The number of aryl methyl sites for hydroxylation is 4. The fourth-order valence-electron chi connectivity index (χ4n) is 3.27. The standard InChI is InChI=1S/C23H30N6O4/c1-14-8-15(11-27(14)5)24-20(30)18-9-16(12-28(18)6)25-21(31)19-10-17(13-29(19)7)26-22(32)33-23(2,3)4/h8-13H,1-7H3,(H,24,30)(H,25,31)(H,26,32). The van der Waals surface area contributed by atoms with E-state index < -0.39 is 11.7 Å². The molecule has 3 amide bonds. The monoisotopic (exact) mass is 454 g/mol. The first-order valence-electron chi connectivity index (χ1n) is 10.4. The van der Waals surface area contributed by atoms with E-state index in [0.717, 1.165) is 5.69 Å². The zero-order valence-electron chi connectivity index (χ0n) is 19.9. The highest BCUT2D eigenvalue weighted by Crippen LogP contribution is 2.20. The van der Waals surface area contributed by atoms with Crippen molar-refractivity contribution in [2.45, 2.75) is 33.3 Å². The molecule has 0 fully saturated rings. The molecule has 3 rings (SSSR count). The number of carbonyl (C=O) groups is 3. The molecule has 0 aliphatic rings. The van der Waals surface area contributed by atoms with Gasteiger partial charge >= 0.3 is 6.09 Å². The lowest BCUT2D eigenvalue weighted by Gasteiger charge is -2.19. The van der Waals surface area contributed by atoms with Gasteiger partial charge in [-0.05, 0) is 45.9 Å². The number of hydrogen-bond donors (Lipinski definition) is 3. The van der Waals surface area contributed by atoms with Gasteiger partial charge in [-0.1, -0.05) is 0 Å². The molecule has 3 N–H and O–H groups in total. The van der Waals surface area contributed by atoms with Gasteiger partial charge in [0.15, 0.2) is 0 Å². The van der Waals surface area contributed by atoms with Crippen LogP contribution in [0.1, 0.15) is 47.4 Å². The second-order valence-electron chi connectivity index (χ2n) is 8.97. The summed E-state index contributed by atoms with van der Waals surface area (Å²) in [6.07, 6.45) is 4.50. The van der Waals surface area contributed by atoms with Crippen molar-refractivity contribution in [2.24, 2.45) is 21.1 Å². The van der Waals surface area contributed by atoms with E-state index in [2.05, 4.69) is 16.0 Å². The maximum Gasteiger partial charge on any atom is 0.412 e. The van der Waals surface area contributed by atoms with E-state index in [0.29, 0.717) is 28.5 Å². The van der Waals surface area contributed by atoms with Crippen LogP contribution in [0.15, 0.2) is 36.8 Å². The normalized spacial score (nSPS) is 11.2. The highest BCUT2D eigenvalue weighted by molar-refractivity contribution is 6.07. The van der Waals surface area contributed by atoms with Gasteiger partial charge in [0.1, 0.15) is 17.0 Å². The Balaban J connectivity index is 1.68. The number of hydrogen-bond acceptors (Lipinski definition) is 4.